The van der Waals surface area contributed by atoms with Gasteiger partial charge in [-0.25, -0.2) is 0 Å². The van der Waals surface area contributed by atoms with Gasteiger partial charge in [-0.15, -0.1) is 0 Å². The number of hydrogen-bond acceptors (Lipinski definition) is 4. The average molecular weight is 316 g/mol. The number of ether oxygens (including phenoxy) is 2. The molecule has 1 unspecified atom stereocenters. The molecule has 1 fully saturated rings. The number of hydrogen-bond donors (Lipinski definition) is 1. The van der Waals surface area contributed by atoms with Crippen molar-refractivity contribution in [2.75, 3.05) is 26.9 Å². The highest BCUT2D eigenvalue weighted by molar-refractivity contribution is 6.30. The van der Waals surface area contributed by atoms with Gasteiger partial charge in [0.1, 0.15) is 5.15 Å². The fraction of sp³-hybridized carbons (Fsp3) is 0.800. The summed E-state index contributed by atoms with van der Waals surface area (Å²) >= 11 is 6.39. The molecule has 1 N–H and O–H groups in total. The van der Waals surface area contributed by atoms with E-state index in [1.54, 1.807) is 11.8 Å². The Kier molecular flexibility index (Phi) is 5.66. The highest BCUT2D eigenvalue weighted by atomic mass is 35.5. The average Bonchev–Trinajstić information content (AvgIpc) is 2.73. The number of aromatic nitrogens is 2. The minimum atomic E-state index is -0.195. The van der Waals surface area contributed by atoms with Crippen molar-refractivity contribution in [3.63, 3.8) is 0 Å². The SMILES string of the molecule is CCNC(Cc1c(C)nn(C)c1Cl)C1(OC)CCOCC1. The molecule has 6 heteroatoms. The van der Waals surface area contributed by atoms with E-state index < -0.39 is 0 Å². The molecule has 2 heterocycles. The molecule has 5 nitrogen and oxygen atoms in total. The molecule has 1 aliphatic rings. The monoisotopic (exact) mass is 315 g/mol. The normalized spacial score (nSPS) is 19.7. The van der Waals surface area contributed by atoms with Crippen LogP contribution in [0.2, 0.25) is 5.15 Å². The second-order valence-electron chi connectivity index (χ2n) is 5.67. The molecular formula is C15H26ClN3O2. The van der Waals surface area contributed by atoms with Gasteiger partial charge in [-0.3, -0.25) is 4.68 Å². The van der Waals surface area contributed by atoms with E-state index in [-0.39, 0.29) is 11.6 Å². The number of likely N-dealkylation sites (N-methyl/N-ethyl adjacent to an activating group) is 1. The topological polar surface area (TPSA) is 48.3 Å². The summed E-state index contributed by atoms with van der Waals surface area (Å²) in [5.41, 5.74) is 1.90. The molecule has 2 rings (SSSR count). The summed E-state index contributed by atoms with van der Waals surface area (Å²) in [6.07, 6.45) is 2.62. The molecule has 1 saturated heterocycles. The third kappa shape index (κ3) is 3.42. The largest absolute Gasteiger partial charge is 0.381 e. The Hall–Kier alpha value is -0.620. The van der Waals surface area contributed by atoms with Crippen LogP contribution in [-0.4, -0.2) is 48.3 Å². The Bertz CT molecular complexity index is 470. The van der Waals surface area contributed by atoms with Crippen molar-refractivity contribution in [2.45, 2.75) is 44.8 Å². The number of nitrogens with one attached hydrogen (secondary N) is 1. The minimum Gasteiger partial charge on any atom is -0.381 e. The number of aryl methyl sites for hydroxylation is 2. The smallest absolute Gasteiger partial charge is 0.130 e. The van der Waals surface area contributed by atoms with E-state index in [1.165, 1.54) is 0 Å². The molecule has 1 aliphatic heterocycles. The van der Waals surface area contributed by atoms with Gasteiger partial charge in [-0.05, 0) is 19.9 Å². The number of methoxy groups -OCH3 is 1. The molecule has 0 amide bonds. The van der Waals surface area contributed by atoms with Crippen LogP contribution in [0.1, 0.15) is 31.0 Å². The zero-order valence-electron chi connectivity index (χ0n) is 13.4. The minimum absolute atomic E-state index is 0.195. The number of rotatable bonds is 6. The summed E-state index contributed by atoms with van der Waals surface area (Å²) < 4.78 is 13.2. The molecule has 1 aromatic heterocycles. The Balaban J connectivity index is 2.25. The zero-order chi connectivity index (χ0) is 15.5. The van der Waals surface area contributed by atoms with Crippen LogP contribution in [0, 0.1) is 6.92 Å². The molecule has 0 saturated carbocycles. The van der Waals surface area contributed by atoms with Crippen LogP contribution < -0.4 is 5.32 Å². The van der Waals surface area contributed by atoms with Crippen LogP contribution in [0.5, 0.6) is 0 Å². The molecule has 0 spiro atoms. The third-order valence-electron chi connectivity index (χ3n) is 4.51. The Morgan fingerprint density at radius 2 is 2.14 bits per heavy atom. The maximum Gasteiger partial charge on any atom is 0.130 e. The molecule has 21 heavy (non-hydrogen) atoms. The highest BCUT2D eigenvalue weighted by Gasteiger charge is 2.40. The lowest BCUT2D eigenvalue weighted by Gasteiger charge is -2.42. The first-order chi connectivity index (χ1) is 10.0. The Morgan fingerprint density at radius 1 is 1.48 bits per heavy atom. The van der Waals surface area contributed by atoms with E-state index in [0.29, 0.717) is 5.15 Å². The van der Waals surface area contributed by atoms with Crippen LogP contribution in [0.4, 0.5) is 0 Å². The van der Waals surface area contributed by atoms with Crippen molar-refractivity contribution in [3.05, 3.63) is 16.4 Å². The van der Waals surface area contributed by atoms with Crippen molar-refractivity contribution >= 4 is 11.6 Å². The van der Waals surface area contributed by atoms with Gasteiger partial charge in [0.15, 0.2) is 0 Å². The van der Waals surface area contributed by atoms with Gasteiger partial charge in [0.25, 0.3) is 0 Å². The standard InChI is InChI=1S/C15H26ClN3O2/c1-5-17-13(15(20-4)6-8-21-9-7-15)10-12-11(2)18-19(3)14(12)16/h13,17H,5-10H2,1-4H3. The van der Waals surface area contributed by atoms with Crippen LogP contribution in [0.3, 0.4) is 0 Å². The highest BCUT2D eigenvalue weighted by Crippen LogP contribution is 2.32. The zero-order valence-corrected chi connectivity index (χ0v) is 14.2. The van der Waals surface area contributed by atoms with E-state index in [2.05, 4.69) is 17.3 Å². The van der Waals surface area contributed by atoms with Crippen molar-refractivity contribution in [1.29, 1.82) is 0 Å². The van der Waals surface area contributed by atoms with Crippen LogP contribution >= 0.6 is 11.6 Å². The Morgan fingerprint density at radius 3 is 2.62 bits per heavy atom. The van der Waals surface area contributed by atoms with Gasteiger partial charge in [0.2, 0.25) is 0 Å². The summed E-state index contributed by atoms with van der Waals surface area (Å²) in [6.45, 7) is 6.51. The van der Waals surface area contributed by atoms with Gasteiger partial charge in [0.05, 0.1) is 11.3 Å². The summed E-state index contributed by atoms with van der Waals surface area (Å²) in [5.74, 6) is 0. The van der Waals surface area contributed by atoms with E-state index >= 15 is 0 Å². The molecule has 1 atom stereocenters. The van der Waals surface area contributed by atoms with Crippen molar-refractivity contribution < 1.29 is 9.47 Å². The van der Waals surface area contributed by atoms with Gasteiger partial charge >= 0.3 is 0 Å². The fourth-order valence-electron chi connectivity index (χ4n) is 3.21. The van der Waals surface area contributed by atoms with Crippen molar-refractivity contribution in [1.82, 2.24) is 15.1 Å². The van der Waals surface area contributed by atoms with E-state index in [0.717, 1.165) is 50.3 Å². The predicted octanol–water partition coefficient (Wildman–Crippen LogP) is 2.10. The van der Waals surface area contributed by atoms with Crippen LogP contribution in [0.25, 0.3) is 0 Å². The lowest BCUT2D eigenvalue weighted by Crippen LogP contribution is -2.56. The first-order valence-electron chi connectivity index (χ1n) is 7.58. The number of nitrogens with zero attached hydrogens (tertiary/aromatic N) is 2. The van der Waals surface area contributed by atoms with E-state index in [1.807, 2.05) is 14.0 Å². The van der Waals surface area contributed by atoms with Crippen molar-refractivity contribution in [2.24, 2.45) is 7.05 Å². The molecule has 120 valence electrons. The molecular weight excluding hydrogens is 290 g/mol. The molecule has 0 bridgehead atoms. The van der Waals surface area contributed by atoms with Crippen LogP contribution in [-0.2, 0) is 22.9 Å². The van der Waals surface area contributed by atoms with Gasteiger partial charge in [-0.1, -0.05) is 18.5 Å². The maximum absolute atomic E-state index is 6.39. The lowest BCUT2D eigenvalue weighted by molar-refractivity contribution is -0.110. The molecule has 0 aliphatic carbocycles. The summed E-state index contributed by atoms with van der Waals surface area (Å²) in [7, 11) is 3.68. The Labute approximate surface area is 131 Å². The summed E-state index contributed by atoms with van der Waals surface area (Å²) in [4.78, 5) is 0. The predicted molar refractivity (Wildman–Crippen MR) is 83.9 cm³/mol. The van der Waals surface area contributed by atoms with Gasteiger partial charge < -0.3 is 14.8 Å². The molecule has 1 aromatic rings. The van der Waals surface area contributed by atoms with Crippen molar-refractivity contribution in [3.8, 4) is 0 Å². The lowest BCUT2D eigenvalue weighted by atomic mass is 9.82. The van der Waals surface area contributed by atoms with Gasteiger partial charge in [0, 0.05) is 51.8 Å². The van der Waals surface area contributed by atoms with E-state index in [4.69, 9.17) is 21.1 Å². The summed E-state index contributed by atoms with van der Waals surface area (Å²) in [6, 6.07) is 0.205. The van der Waals surface area contributed by atoms with Gasteiger partial charge in [-0.2, -0.15) is 5.10 Å². The maximum atomic E-state index is 6.39. The third-order valence-corrected chi connectivity index (χ3v) is 4.98. The fourth-order valence-corrected chi connectivity index (χ4v) is 3.46. The number of halogens is 1. The molecule has 0 aromatic carbocycles. The van der Waals surface area contributed by atoms with E-state index in [9.17, 15) is 0 Å². The first kappa shape index (κ1) is 16.7. The second-order valence-corrected chi connectivity index (χ2v) is 6.03. The summed E-state index contributed by atoms with van der Waals surface area (Å²) in [5, 5.41) is 8.71. The second kappa shape index (κ2) is 7.09. The first-order valence-corrected chi connectivity index (χ1v) is 7.96. The molecule has 0 radical (unpaired) electrons. The quantitative estimate of drug-likeness (QED) is 0.873. The van der Waals surface area contributed by atoms with Crippen LogP contribution in [0.15, 0.2) is 0 Å².